The Labute approximate surface area is 89.2 Å². The third kappa shape index (κ3) is 1.46. The Bertz CT molecular complexity index is 489. The number of hydrogen-bond acceptors (Lipinski definition) is 1. The lowest BCUT2D eigenvalue weighted by Crippen LogP contribution is -2.04. The maximum Gasteiger partial charge on any atom is 0.0675 e. The first-order chi connectivity index (χ1) is 7.43. The molecule has 1 nitrogen and oxygen atoms in total. The van der Waals surface area contributed by atoms with E-state index in [9.17, 15) is 0 Å². The van der Waals surface area contributed by atoms with Crippen molar-refractivity contribution in [1.29, 1.82) is 0 Å². The molecule has 1 heteroatoms. The van der Waals surface area contributed by atoms with E-state index in [-0.39, 0.29) is 0 Å². The normalized spacial score (nSPS) is 22.3. The molecule has 72 valence electrons. The molecule has 0 saturated heterocycles. The van der Waals surface area contributed by atoms with Gasteiger partial charge in [-0.1, -0.05) is 48.6 Å². The summed E-state index contributed by atoms with van der Waals surface area (Å²) in [6.45, 7) is 0. The van der Waals surface area contributed by atoms with E-state index in [1.54, 1.807) is 0 Å². The Morgan fingerprint density at radius 2 is 1.87 bits per heavy atom. The summed E-state index contributed by atoms with van der Waals surface area (Å²) in [5.41, 5.74) is 3.43. The molecule has 0 fully saturated rings. The number of fused-ring (bicyclic) bond motifs is 1. The second kappa shape index (κ2) is 3.35. The molecule has 1 aliphatic heterocycles. The van der Waals surface area contributed by atoms with Gasteiger partial charge in [-0.25, -0.2) is 0 Å². The summed E-state index contributed by atoms with van der Waals surface area (Å²) >= 11 is 0. The highest BCUT2D eigenvalue weighted by Gasteiger charge is 2.18. The highest BCUT2D eigenvalue weighted by atomic mass is 14.8. The van der Waals surface area contributed by atoms with Crippen molar-refractivity contribution in [3.8, 4) is 0 Å². The van der Waals surface area contributed by atoms with E-state index in [1.165, 1.54) is 5.56 Å². The van der Waals surface area contributed by atoms with Crippen molar-refractivity contribution in [2.45, 2.75) is 0 Å². The Kier molecular flexibility index (Phi) is 1.88. The lowest BCUT2D eigenvalue weighted by atomic mass is 9.99. The minimum Gasteiger partial charge on any atom is -0.252 e. The average Bonchev–Trinajstić information content (AvgIpc) is 2.74. The fourth-order valence-electron chi connectivity index (χ4n) is 1.92. The summed E-state index contributed by atoms with van der Waals surface area (Å²) in [5, 5.41) is 0. The molecule has 0 N–H and O–H groups in total. The van der Waals surface area contributed by atoms with Gasteiger partial charge in [0.1, 0.15) is 0 Å². The van der Waals surface area contributed by atoms with Crippen molar-refractivity contribution in [3.05, 3.63) is 66.3 Å². The minimum absolute atomic E-state index is 0.380. The van der Waals surface area contributed by atoms with Crippen LogP contribution >= 0.6 is 0 Å². The molecule has 2 aliphatic rings. The molecule has 15 heavy (non-hydrogen) atoms. The van der Waals surface area contributed by atoms with Crippen LogP contribution in [0.2, 0.25) is 0 Å². The predicted octanol–water partition coefficient (Wildman–Crippen LogP) is 3.22. The molecule has 0 saturated carbocycles. The highest BCUT2D eigenvalue weighted by Crippen LogP contribution is 2.28. The smallest absolute Gasteiger partial charge is 0.0675 e. The van der Waals surface area contributed by atoms with Crippen LogP contribution < -0.4 is 0 Å². The fourth-order valence-corrected chi connectivity index (χ4v) is 1.92. The molecule has 1 heterocycles. The van der Waals surface area contributed by atoms with Crippen LogP contribution in [0.25, 0.3) is 5.70 Å². The van der Waals surface area contributed by atoms with E-state index in [0.29, 0.717) is 5.92 Å². The summed E-state index contributed by atoms with van der Waals surface area (Å²) < 4.78 is 0. The summed E-state index contributed by atoms with van der Waals surface area (Å²) in [5.74, 6) is 0.380. The molecule has 1 aliphatic carbocycles. The second-order valence-electron chi connectivity index (χ2n) is 3.72. The van der Waals surface area contributed by atoms with Crippen molar-refractivity contribution < 1.29 is 0 Å². The van der Waals surface area contributed by atoms with Crippen molar-refractivity contribution >= 4 is 11.4 Å². The highest BCUT2D eigenvalue weighted by molar-refractivity contribution is 6.07. The van der Waals surface area contributed by atoms with Crippen LogP contribution in [-0.2, 0) is 0 Å². The molecular weight excluding hydrogens is 182 g/mol. The van der Waals surface area contributed by atoms with E-state index >= 15 is 0 Å². The van der Waals surface area contributed by atoms with Crippen LogP contribution in [-0.4, -0.2) is 5.71 Å². The number of benzene rings is 1. The summed E-state index contributed by atoms with van der Waals surface area (Å²) in [7, 11) is 0. The van der Waals surface area contributed by atoms with Gasteiger partial charge in [0.2, 0.25) is 0 Å². The Morgan fingerprint density at radius 3 is 2.67 bits per heavy atom. The molecule has 0 bridgehead atoms. The third-order valence-corrected chi connectivity index (χ3v) is 2.69. The fraction of sp³-hybridized carbons (Fsp3) is 0.0714. The summed E-state index contributed by atoms with van der Waals surface area (Å²) in [6, 6.07) is 10.3. The molecule has 0 aromatic heterocycles. The number of allylic oxidation sites excluding steroid dienone is 5. The van der Waals surface area contributed by atoms with Gasteiger partial charge in [-0.3, -0.25) is 4.99 Å². The first kappa shape index (κ1) is 8.42. The van der Waals surface area contributed by atoms with Gasteiger partial charge in [-0.2, -0.15) is 0 Å². The van der Waals surface area contributed by atoms with Crippen LogP contribution in [0.3, 0.4) is 0 Å². The second-order valence-corrected chi connectivity index (χ2v) is 3.72. The molecule has 0 spiro atoms. The molecule has 0 radical (unpaired) electrons. The van der Waals surface area contributed by atoms with Gasteiger partial charge < -0.3 is 0 Å². The number of aliphatic imine (C=N–C) groups is 1. The SMILES string of the molecule is C1=CC2=NC(c3ccccc3)=CC2C=C1. The van der Waals surface area contributed by atoms with Crippen LogP contribution in [0, 0.1) is 5.92 Å². The van der Waals surface area contributed by atoms with E-state index in [0.717, 1.165) is 11.4 Å². The Balaban J connectivity index is 2.01. The lowest BCUT2D eigenvalue weighted by Gasteiger charge is -2.03. The van der Waals surface area contributed by atoms with Gasteiger partial charge in [0.25, 0.3) is 0 Å². The third-order valence-electron chi connectivity index (χ3n) is 2.69. The van der Waals surface area contributed by atoms with E-state index in [2.05, 4.69) is 41.4 Å². The molecule has 1 atom stereocenters. The maximum absolute atomic E-state index is 4.62. The minimum atomic E-state index is 0.380. The van der Waals surface area contributed by atoms with Crippen molar-refractivity contribution in [2.24, 2.45) is 10.9 Å². The first-order valence-corrected chi connectivity index (χ1v) is 5.14. The zero-order chi connectivity index (χ0) is 10.1. The number of nitrogens with zero attached hydrogens (tertiary/aromatic N) is 1. The van der Waals surface area contributed by atoms with Crippen LogP contribution in [0.4, 0.5) is 0 Å². The standard InChI is InChI=1S/C14H11N/c1-2-6-11(7-3-1)14-10-12-8-4-5-9-13(12)15-14/h1-10,12H. The van der Waals surface area contributed by atoms with Gasteiger partial charge >= 0.3 is 0 Å². The van der Waals surface area contributed by atoms with Gasteiger partial charge in [-0.15, -0.1) is 0 Å². The lowest BCUT2D eigenvalue weighted by molar-refractivity contribution is 1.17. The van der Waals surface area contributed by atoms with Crippen LogP contribution in [0.1, 0.15) is 5.56 Å². The molecular formula is C14H11N. The van der Waals surface area contributed by atoms with Gasteiger partial charge in [0.05, 0.1) is 11.4 Å². The van der Waals surface area contributed by atoms with Crippen molar-refractivity contribution in [3.63, 3.8) is 0 Å². The van der Waals surface area contributed by atoms with E-state index in [1.807, 2.05) is 24.3 Å². The summed E-state index contributed by atoms with van der Waals surface area (Å²) in [4.78, 5) is 4.62. The first-order valence-electron chi connectivity index (χ1n) is 5.14. The quantitative estimate of drug-likeness (QED) is 0.649. The monoisotopic (exact) mass is 193 g/mol. The Hall–Kier alpha value is -1.89. The topological polar surface area (TPSA) is 12.4 Å². The Morgan fingerprint density at radius 1 is 1.00 bits per heavy atom. The molecule has 1 unspecified atom stereocenters. The van der Waals surface area contributed by atoms with Crippen LogP contribution in [0.5, 0.6) is 0 Å². The van der Waals surface area contributed by atoms with Crippen molar-refractivity contribution in [2.75, 3.05) is 0 Å². The molecule has 3 rings (SSSR count). The maximum atomic E-state index is 4.62. The van der Waals surface area contributed by atoms with Crippen molar-refractivity contribution in [1.82, 2.24) is 0 Å². The van der Waals surface area contributed by atoms with E-state index in [4.69, 9.17) is 0 Å². The molecule has 0 amide bonds. The van der Waals surface area contributed by atoms with Gasteiger partial charge in [0.15, 0.2) is 0 Å². The predicted molar refractivity (Wildman–Crippen MR) is 63.6 cm³/mol. The largest absolute Gasteiger partial charge is 0.252 e. The molecule has 1 aromatic carbocycles. The number of hydrogen-bond donors (Lipinski definition) is 0. The van der Waals surface area contributed by atoms with E-state index < -0.39 is 0 Å². The van der Waals surface area contributed by atoms with Crippen LogP contribution in [0.15, 0.2) is 65.7 Å². The zero-order valence-corrected chi connectivity index (χ0v) is 8.30. The average molecular weight is 193 g/mol. The summed E-state index contributed by atoms with van der Waals surface area (Å²) in [6.07, 6.45) is 10.6. The van der Waals surface area contributed by atoms with Gasteiger partial charge in [0, 0.05) is 5.92 Å². The molecule has 1 aromatic rings. The number of rotatable bonds is 1. The zero-order valence-electron chi connectivity index (χ0n) is 8.30. The van der Waals surface area contributed by atoms with Gasteiger partial charge in [-0.05, 0) is 17.7 Å².